The molecule has 0 bridgehead atoms. The molecule has 0 aliphatic heterocycles. The summed E-state index contributed by atoms with van der Waals surface area (Å²) in [7, 11) is 0. The molecule has 0 aliphatic carbocycles. The Morgan fingerprint density at radius 1 is 1.42 bits per heavy atom. The molecular formula is C8H7ClGeNO. The van der Waals surface area contributed by atoms with E-state index >= 15 is 0 Å². The first kappa shape index (κ1) is 9.61. The molecule has 0 saturated heterocycles. The average Bonchev–Trinajstić information content (AvgIpc) is 2.06. The molecule has 61 valence electrons. The molecule has 1 aromatic carbocycles. The van der Waals surface area contributed by atoms with Crippen LogP contribution in [0.15, 0.2) is 24.3 Å². The maximum atomic E-state index is 11.2. The van der Waals surface area contributed by atoms with Crippen molar-refractivity contribution < 1.29 is 4.79 Å². The van der Waals surface area contributed by atoms with Crippen LogP contribution in [0.5, 0.6) is 0 Å². The Hall–Kier alpha value is -0.477. The number of nitrogens with one attached hydrogen (secondary N) is 1. The first-order valence-electron chi connectivity index (χ1n) is 3.42. The summed E-state index contributed by atoms with van der Waals surface area (Å²) in [5.74, 6) is -0.0610. The van der Waals surface area contributed by atoms with Crippen LogP contribution in [0.2, 0.25) is 5.02 Å². The van der Waals surface area contributed by atoms with Crippen molar-refractivity contribution in [2.75, 3.05) is 5.38 Å². The van der Waals surface area contributed by atoms with E-state index in [0.29, 0.717) is 16.0 Å². The summed E-state index contributed by atoms with van der Waals surface area (Å²) in [6.45, 7) is 0. The van der Waals surface area contributed by atoms with Crippen LogP contribution < -0.4 is 5.32 Å². The minimum absolute atomic E-state index is 0.0610. The van der Waals surface area contributed by atoms with Gasteiger partial charge in [0.25, 0.3) is 0 Å². The van der Waals surface area contributed by atoms with Crippen molar-refractivity contribution in [1.82, 2.24) is 5.32 Å². The van der Waals surface area contributed by atoms with Crippen LogP contribution in [0.4, 0.5) is 0 Å². The SMILES string of the molecule is O=C(N[CH2][Ge])c1ccc(Cl)cc1. The Morgan fingerprint density at radius 2 is 2.00 bits per heavy atom. The van der Waals surface area contributed by atoms with Gasteiger partial charge in [-0.05, 0) is 0 Å². The van der Waals surface area contributed by atoms with Crippen molar-refractivity contribution in [1.29, 1.82) is 0 Å². The second kappa shape index (κ2) is 4.52. The van der Waals surface area contributed by atoms with E-state index in [1.165, 1.54) is 0 Å². The van der Waals surface area contributed by atoms with E-state index in [-0.39, 0.29) is 5.91 Å². The Kier molecular flexibility index (Phi) is 3.62. The van der Waals surface area contributed by atoms with Crippen molar-refractivity contribution in [3.8, 4) is 0 Å². The van der Waals surface area contributed by atoms with Crippen LogP contribution in [-0.4, -0.2) is 27.8 Å². The van der Waals surface area contributed by atoms with Gasteiger partial charge in [0.15, 0.2) is 0 Å². The van der Waals surface area contributed by atoms with Gasteiger partial charge < -0.3 is 0 Å². The second-order valence-corrected chi connectivity index (χ2v) is 3.37. The number of hydrogen-bond acceptors (Lipinski definition) is 1. The van der Waals surface area contributed by atoms with Crippen LogP contribution in [-0.2, 0) is 0 Å². The number of amides is 1. The van der Waals surface area contributed by atoms with Gasteiger partial charge in [0, 0.05) is 0 Å². The molecule has 0 aromatic heterocycles. The van der Waals surface area contributed by atoms with Gasteiger partial charge in [-0.15, -0.1) is 0 Å². The van der Waals surface area contributed by atoms with Crippen molar-refractivity contribution >= 4 is 34.0 Å². The fraction of sp³-hybridized carbons (Fsp3) is 0.125. The van der Waals surface area contributed by atoms with Crippen LogP contribution in [0.3, 0.4) is 0 Å². The van der Waals surface area contributed by atoms with Crippen LogP contribution in [0.25, 0.3) is 0 Å². The van der Waals surface area contributed by atoms with Crippen molar-refractivity contribution in [2.24, 2.45) is 0 Å². The summed E-state index contributed by atoms with van der Waals surface area (Å²) in [6, 6.07) is 6.80. The zero-order valence-electron chi connectivity index (χ0n) is 6.30. The number of halogens is 1. The number of carbonyl (C=O) groups excluding carboxylic acids is 1. The molecule has 2 nitrogen and oxygen atoms in total. The molecule has 4 heteroatoms. The van der Waals surface area contributed by atoms with E-state index < -0.39 is 0 Å². The average molecular weight is 241 g/mol. The molecule has 0 heterocycles. The van der Waals surface area contributed by atoms with Gasteiger partial charge in [-0.25, -0.2) is 0 Å². The van der Waals surface area contributed by atoms with Gasteiger partial charge in [-0.2, -0.15) is 0 Å². The first-order valence-corrected chi connectivity index (χ1v) is 5.28. The maximum absolute atomic E-state index is 11.2. The third-order valence-corrected chi connectivity index (χ3v) is 1.98. The topological polar surface area (TPSA) is 29.1 Å². The fourth-order valence-electron chi connectivity index (χ4n) is 0.784. The molecular weight excluding hydrogens is 234 g/mol. The number of carbonyl (C=O) groups is 1. The summed E-state index contributed by atoms with van der Waals surface area (Å²) in [4.78, 5) is 11.2. The molecule has 0 atom stereocenters. The third kappa shape index (κ3) is 2.53. The first-order chi connectivity index (χ1) is 5.74. The van der Waals surface area contributed by atoms with Crippen molar-refractivity contribution in [3.63, 3.8) is 0 Å². The molecule has 3 radical (unpaired) electrons. The molecule has 12 heavy (non-hydrogen) atoms. The summed E-state index contributed by atoms with van der Waals surface area (Å²) >= 11 is 7.54. The van der Waals surface area contributed by atoms with Crippen molar-refractivity contribution in [3.05, 3.63) is 34.9 Å². The summed E-state index contributed by atoms with van der Waals surface area (Å²) in [6.07, 6.45) is 0. The monoisotopic (exact) mass is 242 g/mol. The van der Waals surface area contributed by atoms with Crippen LogP contribution in [0.1, 0.15) is 10.4 Å². The van der Waals surface area contributed by atoms with E-state index in [9.17, 15) is 4.79 Å². The zero-order valence-corrected chi connectivity index (χ0v) is 9.16. The standard InChI is InChI=1S/C8H7ClGeNO/c9-7-3-1-6(2-4-7)8(12)11-5-10/h1-4H,5H2,(H,11,12). The quantitative estimate of drug-likeness (QED) is 0.774. The minimum atomic E-state index is -0.0610. The number of benzene rings is 1. The van der Waals surface area contributed by atoms with Gasteiger partial charge in [0.05, 0.1) is 0 Å². The van der Waals surface area contributed by atoms with E-state index in [2.05, 4.69) is 5.32 Å². The fourth-order valence-corrected chi connectivity index (χ4v) is 1.25. The number of hydrogen-bond donors (Lipinski definition) is 1. The van der Waals surface area contributed by atoms with E-state index in [1.54, 1.807) is 24.3 Å². The third-order valence-electron chi connectivity index (χ3n) is 1.36. The van der Waals surface area contributed by atoms with Gasteiger partial charge in [-0.1, -0.05) is 0 Å². The predicted molar refractivity (Wildman–Crippen MR) is 49.5 cm³/mol. The molecule has 0 aliphatic rings. The summed E-state index contributed by atoms with van der Waals surface area (Å²) < 4.78 is 0. The molecule has 0 unspecified atom stereocenters. The molecule has 1 amide bonds. The van der Waals surface area contributed by atoms with Gasteiger partial charge in [0.2, 0.25) is 0 Å². The second-order valence-electron chi connectivity index (χ2n) is 2.19. The summed E-state index contributed by atoms with van der Waals surface area (Å²) in [5, 5.41) is 3.98. The predicted octanol–water partition coefficient (Wildman–Crippen LogP) is 1.20. The molecule has 1 rings (SSSR count). The van der Waals surface area contributed by atoms with Crippen molar-refractivity contribution in [2.45, 2.75) is 0 Å². The Labute approximate surface area is 84.5 Å². The van der Waals surface area contributed by atoms with Gasteiger partial charge in [-0.3, -0.25) is 0 Å². The normalized spacial score (nSPS) is 9.50. The van der Waals surface area contributed by atoms with E-state index in [4.69, 9.17) is 11.6 Å². The van der Waals surface area contributed by atoms with Crippen LogP contribution >= 0.6 is 11.6 Å². The summed E-state index contributed by atoms with van der Waals surface area (Å²) in [5.41, 5.74) is 0.640. The molecule has 0 saturated carbocycles. The Balaban J connectivity index is 2.75. The van der Waals surface area contributed by atoms with E-state index in [0.717, 1.165) is 0 Å². The van der Waals surface area contributed by atoms with Gasteiger partial charge >= 0.3 is 84.4 Å². The number of rotatable bonds is 2. The Morgan fingerprint density at radius 3 is 2.50 bits per heavy atom. The van der Waals surface area contributed by atoms with E-state index in [1.807, 2.05) is 16.5 Å². The molecule has 1 aromatic rings. The molecule has 0 fully saturated rings. The van der Waals surface area contributed by atoms with Crippen LogP contribution in [0, 0.1) is 0 Å². The molecule has 1 N–H and O–H groups in total. The molecule has 0 spiro atoms. The van der Waals surface area contributed by atoms with Gasteiger partial charge in [0.1, 0.15) is 0 Å². The Bertz CT molecular complexity index is 273. The zero-order chi connectivity index (χ0) is 8.97.